The van der Waals surface area contributed by atoms with Gasteiger partial charge in [0.2, 0.25) is 0 Å². The first-order valence-corrected chi connectivity index (χ1v) is 7.94. The summed E-state index contributed by atoms with van der Waals surface area (Å²) in [5.74, 6) is -1.32. The highest BCUT2D eigenvalue weighted by molar-refractivity contribution is 7.11. The summed E-state index contributed by atoms with van der Waals surface area (Å²) in [7, 11) is 1.53. The van der Waals surface area contributed by atoms with E-state index in [2.05, 4.69) is 10.3 Å². The van der Waals surface area contributed by atoms with Gasteiger partial charge in [-0.05, 0) is 12.8 Å². The van der Waals surface area contributed by atoms with Crippen molar-refractivity contribution in [1.82, 2.24) is 10.3 Å². The first-order valence-electron chi connectivity index (χ1n) is 7.06. The molecule has 6 nitrogen and oxygen atoms in total. The Morgan fingerprint density at radius 1 is 1.38 bits per heavy atom. The smallest absolute Gasteiger partial charge is 0.329 e. The number of carbonyl (C=O) groups is 2. The van der Waals surface area contributed by atoms with Crippen LogP contribution in [-0.2, 0) is 16.1 Å². The van der Waals surface area contributed by atoms with E-state index < -0.39 is 11.5 Å². The fourth-order valence-electron chi connectivity index (χ4n) is 2.69. The highest BCUT2D eigenvalue weighted by Crippen LogP contribution is 2.28. The largest absolute Gasteiger partial charge is 0.480 e. The maximum atomic E-state index is 12.4. The molecule has 1 aliphatic rings. The maximum absolute atomic E-state index is 12.4. The molecule has 0 aromatic carbocycles. The van der Waals surface area contributed by atoms with Crippen molar-refractivity contribution in [2.45, 2.75) is 50.7 Å². The second-order valence-corrected chi connectivity index (χ2v) is 6.17. The Morgan fingerprint density at radius 3 is 2.62 bits per heavy atom. The second kappa shape index (κ2) is 7.00. The summed E-state index contributed by atoms with van der Waals surface area (Å²) in [5.41, 5.74) is 0.972. The number of hydrogen-bond donors (Lipinski definition) is 2. The molecule has 21 heavy (non-hydrogen) atoms. The topological polar surface area (TPSA) is 88.5 Å². The van der Waals surface area contributed by atoms with Gasteiger partial charge in [0.25, 0.3) is 5.91 Å². The number of nitrogens with zero attached hydrogens (tertiary/aromatic N) is 1. The number of carboxylic acids is 1. The summed E-state index contributed by atoms with van der Waals surface area (Å²) >= 11 is 1.21. The average Bonchev–Trinajstić information content (AvgIpc) is 2.77. The molecule has 0 bridgehead atoms. The average molecular weight is 312 g/mol. The van der Waals surface area contributed by atoms with Crippen molar-refractivity contribution in [3.8, 4) is 0 Å². The van der Waals surface area contributed by atoms with Crippen LogP contribution in [0.2, 0.25) is 0 Å². The van der Waals surface area contributed by atoms with Crippen molar-refractivity contribution in [2.24, 2.45) is 0 Å². The molecule has 1 heterocycles. The molecule has 0 atom stereocenters. The van der Waals surface area contributed by atoms with Gasteiger partial charge in [-0.25, -0.2) is 9.78 Å². The standard InChI is InChI=1S/C14H20N2O4S/c1-20-8-10-11(21-9-15-10)12(17)16-14(13(18)19)6-4-2-3-5-7-14/h9H,2-8H2,1H3,(H,16,17)(H,18,19). The van der Waals surface area contributed by atoms with Crippen molar-refractivity contribution < 1.29 is 19.4 Å². The van der Waals surface area contributed by atoms with Crippen LogP contribution in [0.5, 0.6) is 0 Å². The highest BCUT2D eigenvalue weighted by Gasteiger charge is 2.40. The molecule has 1 saturated carbocycles. The van der Waals surface area contributed by atoms with E-state index in [0.29, 0.717) is 23.4 Å². The van der Waals surface area contributed by atoms with E-state index in [9.17, 15) is 14.7 Å². The molecule has 1 amide bonds. The third-order valence-electron chi connectivity index (χ3n) is 3.85. The van der Waals surface area contributed by atoms with Crippen molar-refractivity contribution in [3.05, 3.63) is 16.1 Å². The number of thiazole rings is 1. The fraction of sp³-hybridized carbons (Fsp3) is 0.643. The molecule has 1 aromatic heterocycles. The van der Waals surface area contributed by atoms with E-state index in [1.165, 1.54) is 18.4 Å². The molecule has 0 spiro atoms. The molecule has 2 rings (SSSR count). The fourth-order valence-corrected chi connectivity index (χ4v) is 3.38. The van der Waals surface area contributed by atoms with E-state index in [4.69, 9.17) is 4.74 Å². The second-order valence-electron chi connectivity index (χ2n) is 5.32. The van der Waals surface area contributed by atoms with Crippen molar-refractivity contribution in [2.75, 3.05) is 7.11 Å². The lowest BCUT2D eigenvalue weighted by Crippen LogP contribution is -2.54. The van der Waals surface area contributed by atoms with E-state index in [1.807, 2.05) is 0 Å². The summed E-state index contributed by atoms with van der Waals surface area (Å²) in [4.78, 5) is 28.6. The third kappa shape index (κ3) is 3.59. The lowest BCUT2D eigenvalue weighted by atomic mass is 9.90. The Labute approximate surface area is 127 Å². The van der Waals surface area contributed by atoms with Crippen LogP contribution in [0.4, 0.5) is 0 Å². The molecule has 116 valence electrons. The molecule has 2 N–H and O–H groups in total. The molecule has 0 saturated heterocycles. The normalized spacial score (nSPS) is 18.0. The van der Waals surface area contributed by atoms with Gasteiger partial charge in [0.15, 0.2) is 0 Å². The quantitative estimate of drug-likeness (QED) is 0.814. The molecule has 1 fully saturated rings. The van der Waals surface area contributed by atoms with E-state index in [0.717, 1.165) is 25.7 Å². The van der Waals surface area contributed by atoms with Crippen molar-refractivity contribution in [3.63, 3.8) is 0 Å². The van der Waals surface area contributed by atoms with Crippen LogP contribution < -0.4 is 5.32 Å². The van der Waals surface area contributed by atoms with Gasteiger partial charge in [-0.1, -0.05) is 25.7 Å². The van der Waals surface area contributed by atoms with Gasteiger partial charge < -0.3 is 15.2 Å². The minimum absolute atomic E-state index is 0.242. The van der Waals surface area contributed by atoms with Gasteiger partial charge in [0.05, 0.1) is 17.8 Å². The first-order chi connectivity index (χ1) is 10.1. The summed E-state index contributed by atoms with van der Waals surface area (Å²) in [6.07, 6.45) is 4.63. The number of carbonyl (C=O) groups excluding carboxylic acids is 1. The Kier molecular flexibility index (Phi) is 5.30. The molecular formula is C14H20N2O4S. The Balaban J connectivity index is 2.18. The van der Waals surface area contributed by atoms with E-state index >= 15 is 0 Å². The molecule has 0 unspecified atom stereocenters. The number of carboxylic acid groups (broad SMARTS) is 1. The summed E-state index contributed by atoms with van der Waals surface area (Å²) in [6.45, 7) is 0.242. The molecule has 0 radical (unpaired) electrons. The predicted molar refractivity (Wildman–Crippen MR) is 78.4 cm³/mol. The molecule has 1 aromatic rings. The monoisotopic (exact) mass is 312 g/mol. The van der Waals surface area contributed by atoms with E-state index in [1.54, 1.807) is 5.51 Å². The van der Waals surface area contributed by atoms with E-state index in [-0.39, 0.29) is 12.5 Å². The van der Waals surface area contributed by atoms with Gasteiger partial charge >= 0.3 is 5.97 Å². The van der Waals surface area contributed by atoms with Gasteiger partial charge in [-0.3, -0.25) is 4.79 Å². The summed E-state index contributed by atoms with van der Waals surface area (Å²) in [6, 6.07) is 0. The van der Waals surface area contributed by atoms with Crippen LogP contribution in [0.3, 0.4) is 0 Å². The number of aliphatic carboxylic acids is 1. The number of aromatic nitrogens is 1. The number of nitrogens with one attached hydrogen (secondary N) is 1. The van der Waals surface area contributed by atoms with Crippen LogP contribution in [-0.4, -0.2) is 34.6 Å². The Bertz CT molecular complexity index is 507. The summed E-state index contributed by atoms with van der Waals surface area (Å²) < 4.78 is 5.01. The molecule has 7 heteroatoms. The van der Waals surface area contributed by atoms with Gasteiger partial charge in [-0.15, -0.1) is 11.3 Å². The zero-order valence-electron chi connectivity index (χ0n) is 12.1. The predicted octanol–water partition coefficient (Wildman–Crippen LogP) is 2.20. The summed E-state index contributed by atoms with van der Waals surface area (Å²) in [5, 5.41) is 12.3. The van der Waals surface area contributed by atoms with Crippen LogP contribution >= 0.6 is 11.3 Å². The minimum Gasteiger partial charge on any atom is -0.480 e. The zero-order chi connectivity index (χ0) is 15.3. The van der Waals surface area contributed by atoms with Gasteiger partial charge in [0.1, 0.15) is 10.4 Å². The first kappa shape index (κ1) is 15.9. The Morgan fingerprint density at radius 2 is 2.05 bits per heavy atom. The third-order valence-corrected chi connectivity index (χ3v) is 4.72. The van der Waals surface area contributed by atoms with Crippen LogP contribution in [0.15, 0.2) is 5.51 Å². The van der Waals surface area contributed by atoms with Gasteiger partial charge in [-0.2, -0.15) is 0 Å². The van der Waals surface area contributed by atoms with Crippen LogP contribution in [0, 0.1) is 0 Å². The minimum atomic E-state index is -1.15. The maximum Gasteiger partial charge on any atom is 0.329 e. The SMILES string of the molecule is COCc1ncsc1C(=O)NC1(C(=O)O)CCCCCC1. The van der Waals surface area contributed by atoms with Gasteiger partial charge in [0, 0.05) is 7.11 Å². The molecular weight excluding hydrogens is 292 g/mol. The lowest BCUT2D eigenvalue weighted by Gasteiger charge is -2.29. The number of hydrogen-bond acceptors (Lipinski definition) is 5. The number of amides is 1. The van der Waals surface area contributed by atoms with Crippen molar-refractivity contribution in [1.29, 1.82) is 0 Å². The Hall–Kier alpha value is -1.47. The molecule has 1 aliphatic carbocycles. The van der Waals surface area contributed by atoms with Crippen LogP contribution in [0.1, 0.15) is 53.9 Å². The van der Waals surface area contributed by atoms with Crippen molar-refractivity contribution >= 4 is 23.2 Å². The number of ether oxygens (including phenoxy) is 1. The lowest BCUT2D eigenvalue weighted by molar-refractivity contribution is -0.145. The number of rotatable bonds is 5. The highest BCUT2D eigenvalue weighted by atomic mass is 32.1. The zero-order valence-corrected chi connectivity index (χ0v) is 12.9. The number of methoxy groups -OCH3 is 1. The molecule has 0 aliphatic heterocycles. The van der Waals surface area contributed by atoms with Crippen LogP contribution in [0.25, 0.3) is 0 Å².